The van der Waals surface area contributed by atoms with Crippen molar-refractivity contribution in [3.05, 3.63) is 54.1 Å². The Bertz CT molecular complexity index is 847. The predicted molar refractivity (Wildman–Crippen MR) is 98.1 cm³/mol. The minimum Gasteiger partial charge on any atom is -0.384 e. The number of hydrogen-bond donors (Lipinski definition) is 1. The summed E-state index contributed by atoms with van der Waals surface area (Å²) in [5.41, 5.74) is 2.56. The minimum absolute atomic E-state index is 0.399. The van der Waals surface area contributed by atoms with Crippen molar-refractivity contribution in [3.63, 3.8) is 0 Å². The molecule has 4 heteroatoms. The molecule has 24 heavy (non-hydrogen) atoms. The number of benzene rings is 2. The van der Waals surface area contributed by atoms with Crippen LogP contribution in [0.4, 0.5) is 0 Å². The highest BCUT2D eigenvalue weighted by Gasteiger charge is 2.46. The van der Waals surface area contributed by atoms with Gasteiger partial charge in [-0.1, -0.05) is 36.4 Å². The molecule has 1 atom stereocenters. The highest BCUT2D eigenvalue weighted by Crippen LogP contribution is 2.43. The molecule has 122 valence electrons. The van der Waals surface area contributed by atoms with Crippen LogP contribution in [-0.2, 0) is 5.60 Å². The Morgan fingerprint density at radius 1 is 1.04 bits per heavy atom. The lowest BCUT2D eigenvalue weighted by atomic mass is 9.71. The van der Waals surface area contributed by atoms with Gasteiger partial charge in [-0.2, -0.15) is 0 Å². The van der Waals surface area contributed by atoms with Crippen LogP contribution in [0.25, 0.3) is 20.8 Å². The second kappa shape index (κ2) is 5.38. The second-order valence-electron chi connectivity index (χ2n) is 7.04. The standard InChI is InChI=1S/C20H20N2OS/c23-20(13-22-11-9-16(20)10-12-22)15-7-5-14(6-8-15)19-21-17-3-1-2-4-18(17)24-19/h1-8,16,23H,9-13H2. The topological polar surface area (TPSA) is 36.4 Å². The summed E-state index contributed by atoms with van der Waals surface area (Å²) in [5.74, 6) is 0.399. The lowest BCUT2D eigenvalue weighted by molar-refractivity contribution is -0.117. The van der Waals surface area contributed by atoms with Crippen molar-refractivity contribution in [2.75, 3.05) is 19.6 Å². The van der Waals surface area contributed by atoms with Gasteiger partial charge in [-0.25, -0.2) is 4.98 Å². The minimum atomic E-state index is -0.678. The van der Waals surface area contributed by atoms with Crippen molar-refractivity contribution in [1.82, 2.24) is 9.88 Å². The largest absolute Gasteiger partial charge is 0.384 e. The Hall–Kier alpha value is -1.75. The van der Waals surface area contributed by atoms with Crippen LogP contribution >= 0.6 is 11.3 Å². The number of aromatic nitrogens is 1. The third kappa shape index (κ3) is 2.21. The summed E-state index contributed by atoms with van der Waals surface area (Å²) in [7, 11) is 0. The summed E-state index contributed by atoms with van der Waals surface area (Å²) in [5, 5.41) is 12.3. The normalized spacial score (nSPS) is 29.2. The van der Waals surface area contributed by atoms with E-state index in [2.05, 4.69) is 47.4 Å². The zero-order valence-corrected chi connectivity index (χ0v) is 14.3. The number of fused-ring (bicyclic) bond motifs is 4. The fraction of sp³-hybridized carbons (Fsp3) is 0.350. The number of rotatable bonds is 2. The van der Waals surface area contributed by atoms with Crippen LogP contribution in [0.3, 0.4) is 0 Å². The molecule has 1 unspecified atom stereocenters. The Kier molecular flexibility index (Phi) is 3.27. The number of nitrogens with zero attached hydrogens (tertiary/aromatic N) is 2. The molecule has 3 aromatic rings. The highest BCUT2D eigenvalue weighted by molar-refractivity contribution is 7.21. The lowest BCUT2D eigenvalue weighted by Crippen LogP contribution is -2.57. The summed E-state index contributed by atoms with van der Waals surface area (Å²) in [4.78, 5) is 7.12. The van der Waals surface area contributed by atoms with E-state index >= 15 is 0 Å². The number of para-hydroxylation sites is 1. The molecule has 2 aromatic carbocycles. The van der Waals surface area contributed by atoms with E-state index in [0.717, 1.165) is 54.1 Å². The third-order valence-electron chi connectivity index (χ3n) is 5.65. The van der Waals surface area contributed by atoms with Crippen LogP contribution in [0.1, 0.15) is 18.4 Å². The zero-order chi connectivity index (χ0) is 16.1. The molecule has 0 aliphatic carbocycles. The first-order chi connectivity index (χ1) is 11.7. The molecule has 1 N–H and O–H groups in total. The summed E-state index contributed by atoms with van der Waals surface area (Å²) < 4.78 is 1.22. The molecular formula is C20H20N2OS. The fourth-order valence-electron chi connectivity index (χ4n) is 4.26. The number of aliphatic hydroxyl groups is 1. The Morgan fingerprint density at radius 3 is 2.46 bits per heavy atom. The average molecular weight is 336 g/mol. The summed E-state index contributed by atoms with van der Waals surface area (Å²) in [6, 6.07) is 16.7. The molecule has 3 nitrogen and oxygen atoms in total. The molecular weight excluding hydrogens is 316 g/mol. The van der Waals surface area contributed by atoms with Crippen molar-refractivity contribution < 1.29 is 5.11 Å². The summed E-state index contributed by atoms with van der Waals surface area (Å²) in [6.45, 7) is 3.05. The van der Waals surface area contributed by atoms with E-state index in [0.29, 0.717) is 5.92 Å². The average Bonchev–Trinajstić information content (AvgIpc) is 3.07. The van der Waals surface area contributed by atoms with E-state index < -0.39 is 5.60 Å². The molecule has 0 spiro atoms. The number of hydrogen-bond acceptors (Lipinski definition) is 4. The van der Waals surface area contributed by atoms with E-state index in [1.807, 2.05) is 6.07 Å². The molecule has 2 bridgehead atoms. The van der Waals surface area contributed by atoms with Gasteiger partial charge in [-0.05, 0) is 49.5 Å². The molecule has 3 saturated heterocycles. The SMILES string of the molecule is OC1(c2ccc(-c3nc4ccccc4s3)cc2)CN2CCC1CC2. The van der Waals surface area contributed by atoms with Crippen LogP contribution in [0, 0.1) is 5.92 Å². The molecule has 6 rings (SSSR count). The van der Waals surface area contributed by atoms with Crippen molar-refractivity contribution in [1.29, 1.82) is 0 Å². The lowest BCUT2D eigenvalue weighted by Gasteiger charge is -2.50. The van der Waals surface area contributed by atoms with Crippen molar-refractivity contribution in [2.24, 2.45) is 5.92 Å². The maximum absolute atomic E-state index is 11.3. The van der Waals surface area contributed by atoms with Gasteiger partial charge in [0.2, 0.25) is 0 Å². The molecule has 1 aromatic heterocycles. The van der Waals surface area contributed by atoms with Crippen LogP contribution in [0.5, 0.6) is 0 Å². The van der Waals surface area contributed by atoms with E-state index in [4.69, 9.17) is 4.98 Å². The Balaban J connectivity index is 1.49. The van der Waals surface area contributed by atoms with E-state index in [9.17, 15) is 5.11 Å². The van der Waals surface area contributed by atoms with E-state index in [1.165, 1.54) is 4.70 Å². The maximum atomic E-state index is 11.3. The Morgan fingerprint density at radius 2 is 1.79 bits per heavy atom. The van der Waals surface area contributed by atoms with Gasteiger partial charge in [-0.15, -0.1) is 11.3 Å². The van der Waals surface area contributed by atoms with Gasteiger partial charge in [-0.3, -0.25) is 0 Å². The first kappa shape index (κ1) is 14.6. The highest BCUT2D eigenvalue weighted by atomic mass is 32.1. The first-order valence-electron chi connectivity index (χ1n) is 8.64. The van der Waals surface area contributed by atoms with Gasteiger partial charge in [0, 0.05) is 12.1 Å². The number of piperidine rings is 3. The summed E-state index contributed by atoms with van der Waals surface area (Å²) >= 11 is 1.72. The molecule has 0 saturated carbocycles. The van der Waals surface area contributed by atoms with Crippen LogP contribution < -0.4 is 0 Å². The number of thiazole rings is 1. The molecule has 0 radical (unpaired) electrons. The third-order valence-corrected chi connectivity index (χ3v) is 6.74. The predicted octanol–water partition coefficient (Wildman–Crippen LogP) is 3.88. The van der Waals surface area contributed by atoms with Crippen molar-refractivity contribution in [3.8, 4) is 10.6 Å². The summed E-state index contributed by atoms with van der Waals surface area (Å²) in [6.07, 6.45) is 2.21. The van der Waals surface area contributed by atoms with Crippen LogP contribution in [0.2, 0.25) is 0 Å². The zero-order valence-electron chi connectivity index (χ0n) is 13.5. The first-order valence-corrected chi connectivity index (χ1v) is 9.45. The molecule has 3 fully saturated rings. The smallest absolute Gasteiger partial charge is 0.124 e. The quantitative estimate of drug-likeness (QED) is 0.771. The Labute approximate surface area is 145 Å². The molecule has 0 amide bonds. The molecule has 3 aliphatic rings. The fourth-order valence-corrected chi connectivity index (χ4v) is 5.23. The van der Waals surface area contributed by atoms with Gasteiger partial charge in [0.1, 0.15) is 10.6 Å². The van der Waals surface area contributed by atoms with Crippen LogP contribution in [-0.4, -0.2) is 34.6 Å². The molecule has 3 aliphatic heterocycles. The van der Waals surface area contributed by atoms with Gasteiger partial charge < -0.3 is 10.0 Å². The van der Waals surface area contributed by atoms with E-state index in [1.54, 1.807) is 11.3 Å². The van der Waals surface area contributed by atoms with Gasteiger partial charge in [0.05, 0.1) is 10.2 Å². The molecule has 4 heterocycles. The van der Waals surface area contributed by atoms with Gasteiger partial charge >= 0.3 is 0 Å². The van der Waals surface area contributed by atoms with Crippen molar-refractivity contribution >= 4 is 21.6 Å². The van der Waals surface area contributed by atoms with Crippen molar-refractivity contribution in [2.45, 2.75) is 18.4 Å². The van der Waals surface area contributed by atoms with Gasteiger partial charge in [0.15, 0.2) is 0 Å². The maximum Gasteiger partial charge on any atom is 0.124 e. The second-order valence-corrected chi connectivity index (χ2v) is 8.07. The van der Waals surface area contributed by atoms with E-state index in [-0.39, 0.29) is 0 Å². The van der Waals surface area contributed by atoms with Gasteiger partial charge in [0.25, 0.3) is 0 Å². The van der Waals surface area contributed by atoms with Crippen LogP contribution in [0.15, 0.2) is 48.5 Å². The monoisotopic (exact) mass is 336 g/mol.